The van der Waals surface area contributed by atoms with Gasteiger partial charge < -0.3 is 29.7 Å². The lowest BCUT2D eigenvalue weighted by Crippen LogP contribution is -2.44. The predicted molar refractivity (Wildman–Crippen MR) is 118 cm³/mol. The minimum atomic E-state index is -0.895. The number of ether oxygens (including phenoxy) is 2. The Morgan fingerprint density at radius 1 is 1.26 bits per heavy atom. The number of fused-ring (bicyclic) bond motifs is 1. The molecule has 1 aromatic heterocycles. The molecule has 0 bridgehead atoms. The zero-order valence-electron chi connectivity index (χ0n) is 17.6. The highest BCUT2D eigenvalue weighted by atomic mass is 16.5. The molecule has 2 aromatic rings. The Morgan fingerprint density at radius 3 is 2.77 bits per heavy atom. The molecular formula is C22H27N5O4. The Hall–Kier alpha value is -3.41. The first-order valence-corrected chi connectivity index (χ1v) is 10.5. The molecule has 2 aliphatic heterocycles. The van der Waals surface area contributed by atoms with Crippen LogP contribution in [-0.2, 0) is 0 Å². The smallest absolute Gasteiger partial charge is 0.407 e. The number of carbonyl (C=O) groups is 1. The van der Waals surface area contributed by atoms with E-state index in [0.717, 1.165) is 49.7 Å². The molecule has 0 radical (unpaired) electrons. The summed E-state index contributed by atoms with van der Waals surface area (Å²) in [6, 6.07) is 3.63. The molecule has 1 amide bonds. The SMILES string of the molecule is C#CCOc1cc2nc(N3CCCC3)nc(NC3CCCN(C(=O)O)C3)c2cc1OC. The Balaban J connectivity index is 1.73. The maximum absolute atomic E-state index is 11.4. The average Bonchev–Trinajstić information content (AvgIpc) is 3.32. The minimum absolute atomic E-state index is 0.0299. The molecule has 3 heterocycles. The summed E-state index contributed by atoms with van der Waals surface area (Å²) in [4.78, 5) is 24.6. The number of hydrogen-bond acceptors (Lipinski definition) is 7. The van der Waals surface area contributed by atoms with Crippen LogP contribution in [0.3, 0.4) is 0 Å². The molecule has 0 saturated carbocycles. The molecule has 164 valence electrons. The number of terminal acetylenes is 1. The van der Waals surface area contributed by atoms with Gasteiger partial charge in [0.25, 0.3) is 0 Å². The molecule has 2 N–H and O–H groups in total. The van der Waals surface area contributed by atoms with E-state index in [9.17, 15) is 9.90 Å². The number of amides is 1. The van der Waals surface area contributed by atoms with Gasteiger partial charge in [0.2, 0.25) is 5.95 Å². The number of anilines is 2. The van der Waals surface area contributed by atoms with E-state index in [-0.39, 0.29) is 12.6 Å². The molecule has 2 fully saturated rings. The normalized spacial score (nSPS) is 18.6. The second-order valence-corrected chi connectivity index (χ2v) is 7.79. The van der Waals surface area contributed by atoms with Gasteiger partial charge in [0.15, 0.2) is 11.5 Å². The first kappa shape index (κ1) is 20.8. The van der Waals surface area contributed by atoms with Crippen LogP contribution in [0.25, 0.3) is 10.9 Å². The molecule has 2 saturated heterocycles. The van der Waals surface area contributed by atoms with Crippen molar-refractivity contribution in [2.24, 2.45) is 0 Å². The summed E-state index contributed by atoms with van der Waals surface area (Å²) in [5, 5.41) is 13.6. The third-order valence-electron chi connectivity index (χ3n) is 5.70. The molecule has 9 heteroatoms. The van der Waals surface area contributed by atoms with Crippen molar-refractivity contribution in [3.05, 3.63) is 12.1 Å². The molecule has 9 nitrogen and oxygen atoms in total. The summed E-state index contributed by atoms with van der Waals surface area (Å²) in [6.45, 7) is 2.93. The van der Waals surface area contributed by atoms with E-state index in [1.54, 1.807) is 7.11 Å². The number of piperidine rings is 1. The molecule has 1 unspecified atom stereocenters. The van der Waals surface area contributed by atoms with Crippen molar-refractivity contribution in [3.8, 4) is 23.8 Å². The van der Waals surface area contributed by atoms with Crippen LogP contribution in [0.15, 0.2) is 12.1 Å². The van der Waals surface area contributed by atoms with Crippen molar-refractivity contribution in [1.29, 1.82) is 0 Å². The quantitative estimate of drug-likeness (QED) is 0.682. The van der Waals surface area contributed by atoms with Crippen LogP contribution in [0, 0.1) is 12.3 Å². The Labute approximate surface area is 181 Å². The standard InChI is InChI=1S/C22H27N5O4/c1-3-11-31-19-13-17-16(12-18(19)30-2)20(25-21(24-17)26-8-4-5-9-26)23-15-7-6-10-27(14-15)22(28)29/h1,12-13,15H,4-11,14H2,2H3,(H,28,29)(H,23,24,25). The number of likely N-dealkylation sites (tertiary alicyclic amines) is 1. The summed E-state index contributed by atoms with van der Waals surface area (Å²) in [7, 11) is 1.57. The highest BCUT2D eigenvalue weighted by Gasteiger charge is 2.25. The fourth-order valence-corrected chi connectivity index (χ4v) is 4.15. The van der Waals surface area contributed by atoms with Gasteiger partial charge in [-0.15, -0.1) is 6.42 Å². The Morgan fingerprint density at radius 2 is 2.06 bits per heavy atom. The molecule has 2 aliphatic rings. The first-order valence-electron chi connectivity index (χ1n) is 10.5. The number of carboxylic acid groups (broad SMARTS) is 1. The molecule has 31 heavy (non-hydrogen) atoms. The Kier molecular flexibility index (Phi) is 6.16. The van der Waals surface area contributed by atoms with Crippen molar-refractivity contribution in [2.45, 2.75) is 31.7 Å². The van der Waals surface area contributed by atoms with Gasteiger partial charge in [-0.2, -0.15) is 4.98 Å². The van der Waals surface area contributed by atoms with Gasteiger partial charge >= 0.3 is 6.09 Å². The van der Waals surface area contributed by atoms with E-state index < -0.39 is 6.09 Å². The van der Waals surface area contributed by atoms with Crippen LogP contribution in [0.1, 0.15) is 25.7 Å². The summed E-state index contributed by atoms with van der Waals surface area (Å²) < 4.78 is 11.2. The molecular weight excluding hydrogens is 398 g/mol. The molecule has 4 rings (SSSR count). The van der Waals surface area contributed by atoms with E-state index in [1.807, 2.05) is 12.1 Å². The number of aromatic nitrogens is 2. The van der Waals surface area contributed by atoms with E-state index in [1.165, 1.54) is 4.90 Å². The molecule has 1 atom stereocenters. The highest BCUT2D eigenvalue weighted by molar-refractivity contribution is 5.93. The lowest BCUT2D eigenvalue weighted by atomic mass is 10.1. The van der Waals surface area contributed by atoms with Gasteiger partial charge in [-0.1, -0.05) is 5.92 Å². The van der Waals surface area contributed by atoms with E-state index in [0.29, 0.717) is 36.4 Å². The van der Waals surface area contributed by atoms with Crippen LogP contribution in [0.4, 0.5) is 16.6 Å². The van der Waals surface area contributed by atoms with Crippen molar-refractivity contribution in [2.75, 3.05) is 50.1 Å². The van der Waals surface area contributed by atoms with Gasteiger partial charge in [-0.05, 0) is 31.7 Å². The number of methoxy groups -OCH3 is 1. The van der Waals surface area contributed by atoms with Crippen LogP contribution >= 0.6 is 0 Å². The topological polar surface area (TPSA) is 100 Å². The van der Waals surface area contributed by atoms with E-state index in [4.69, 9.17) is 25.9 Å². The second kappa shape index (κ2) is 9.16. The summed E-state index contributed by atoms with van der Waals surface area (Å²) in [6.07, 6.45) is 8.35. The van der Waals surface area contributed by atoms with Gasteiger partial charge in [0.05, 0.1) is 12.6 Å². The maximum atomic E-state index is 11.4. The van der Waals surface area contributed by atoms with Gasteiger partial charge in [0, 0.05) is 43.7 Å². The van der Waals surface area contributed by atoms with E-state index >= 15 is 0 Å². The van der Waals surface area contributed by atoms with Crippen LogP contribution in [-0.4, -0.2) is 72.0 Å². The largest absolute Gasteiger partial charge is 0.493 e. The van der Waals surface area contributed by atoms with Crippen LogP contribution in [0.2, 0.25) is 0 Å². The maximum Gasteiger partial charge on any atom is 0.407 e. The monoisotopic (exact) mass is 425 g/mol. The predicted octanol–water partition coefficient (Wildman–Crippen LogP) is 2.80. The van der Waals surface area contributed by atoms with Crippen LogP contribution in [0.5, 0.6) is 11.5 Å². The molecule has 0 aliphatic carbocycles. The number of benzene rings is 1. The number of nitrogens with zero attached hydrogens (tertiary/aromatic N) is 4. The fourth-order valence-electron chi connectivity index (χ4n) is 4.15. The van der Waals surface area contributed by atoms with Crippen LogP contribution < -0.4 is 19.7 Å². The molecule has 1 aromatic carbocycles. The van der Waals surface area contributed by atoms with Crippen molar-refractivity contribution >= 4 is 28.8 Å². The number of rotatable bonds is 6. The first-order chi connectivity index (χ1) is 15.1. The lowest BCUT2D eigenvalue weighted by Gasteiger charge is -2.32. The summed E-state index contributed by atoms with van der Waals surface area (Å²) >= 11 is 0. The Bertz CT molecular complexity index is 1000. The second-order valence-electron chi connectivity index (χ2n) is 7.79. The summed E-state index contributed by atoms with van der Waals surface area (Å²) in [5.41, 5.74) is 0.720. The average molecular weight is 425 g/mol. The van der Waals surface area contributed by atoms with Crippen molar-refractivity contribution in [1.82, 2.24) is 14.9 Å². The third kappa shape index (κ3) is 4.53. The highest BCUT2D eigenvalue weighted by Crippen LogP contribution is 2.36. The van der Waals surface area contributed by atoms with Crippen molar-refractivity contribution < 1.29 is 19.4 Å². The van der Waals surface area contributed by atoms with E-state index in [2.05, 4.69) is 16.1 Å². The lowest BCUT2D eigenvalue weighted by molar-refractivity contribution is 0.133. The van der Waals surface area contributed by atoms with Crippen molar-refractivity contribution in [3.63, 3.8) is 0 Å². The third-order valence-corrected chi connectivity index (χ3v) is 5.70. The number of nitrogens with one attached hydrogen (secondary N) is 1. The summed E-state index contributed by atoms with van der Waals surface area (Å²) in [5.74, 6) is 4.87. The zero-order valence-corrected chi connectivity index (χ0v) is 17.6. The van der Waals surface area contributed by atoms with Gasteiger partial charge in [-0.25, -0.2) is 9.78 Å². The number of hydrogen-bond donors (Lipinski definition) is 2. The fraction of sp³-hybridized carbons (Fsp3) is 0.500. The minimum Gasteiger partial charge on any atom is -0.493 e. The van der Waals surface area contributed by atoms with Gasteiger partial charge in [-0.3, -0.25) is 0 Å². The molecule has 0 spiro atoms. The zero-order chi connectivity index (χ0) is 21.8. The van der Waals surface area contributed by atoms with Gasteiger partial charge in [0.1, 0.15) is 12.4 Å².